The maximum absolute atomic E-state index is 13.1. The lowest BCUT2D eigenvalue weighted by molar-refractivity contribution is 0.102. The van der Waals surface area contributed by atoms with Gasteiger partial charge in [-0.15, -0.1) is 0 Å². The van der Waals surface area contributed by atoms with E-state index in [1.165, 1.54) is 24.3 Å². The molecule has 2 rings (SSSR count). The SMILES string of the molecule is Cc1ccc(F)cc1NC(=O)c1ccccc1O. The standard InChI is InChI=1S/C14H12FNO2/c1-9-6-7-10(15)8-12(9)16-14(18)11-4-2-3-5-13(11)17/h2-8,17H,1H3,(H,16,18). The molecule has 0 unspecified atom stereocenters. The highest BCUT2D eigenvalue weighted by Crippen LogP contribution is 2.20. The summed E-state index contributed by atoms with van der Waals surface area (Å²) in [6.45, 7) is 1.76. The summed E-state index contributed by atoms with van der Waals surface area (Å²) in [6.07, 6.45) is 0. The molecule has 2 aromatic carbocycles. The highest BCUT2D eigenvalue weighted by atomic mass is 19.1. The Bertz CT molecular complexity index is 596. The molecule has 2 N–H and O–H groups in total. The van der Waals surface area contributed by atoms with E-state index in [0.29, 0.717) is 5.69 Å². The van der Waals surface area contributed by atoms with E-state index in [-0.39, 0.29) is 11.3 Å². The van der Waals surface area contributed by atoms with Gasteiger partial charge in [-0.1, -0.05) is 18.2 Å². The van der Waals surface area contributed by atoms with E-state index in [4.69, 9.17) is 0 Å². The van der Waals surface area contributed by atoms with Crippen LogP contribution in [0.3, 0.4) is 0 Å². The van der Waals surface area contributed by atoms with Gasteiger partial charge >= 0.3 is 0 Å². The van der Waals surface area contributed by atoms with Crippen LogP contribution < -0.4 is 5.32 Å². The number of anilines is 1. The molecule has 0 saturated carbocycles. The molecule has 0 fully saturated rings. The summed E-state index contributed by atoms with van der Waals surface area (Å²) in [7, 11) is 0. The molecule has 18 heavy (non-hydrogen) atoms. The van der Waals surface area contributed by atoms with Crippen molar-refractivity contribution in [2.75, 3.05) is 5.32 Å². The molecule has 0 aliphatic rings. The second-order valence-electron chi connectivity index (χ2n) is 3.93. The van der Waals surface area contributed by atoms with Crippen LogP contribution >= 0.6 is 0 Å². The summed E-state index contributed by atoms with van der Waals surface area (Å²) < 4.78 is 13.1. The number of carbonyl (C=O) groups is 1. The van der Waals surface area contributed by atoms with Crippen molar-refractivity contribution < 1.29 is 14.3 Å². The summed E-state index contributed by atoms with van der Waals surface area (Å²) in [5, 5.41) is 12.1. The molecule has 2 aromatic rings. The number of amides is 1. The zero-order chi connectivity index (χ0) is 13.1. The Labute approximate surface area is 104 Å². The lowest BCUT2D eigenvalue weighted by Crippen LogP contribution is -2.13. The Morgan fingerprint density at radius 3 is 2.67 bits per heavy atom. The Hall–Kier alpha value is -2.36. The zero-order valence-corrected chi connectivity index (χ0v) is 9.77. The average Bonchev–Trinajstić information content (AvgIpc) is 2.34. The van der Waals surface area contributed by atoms with E-state index in [1.807, 2.05) is 0 Å². The van der Waals surface area contributed by atoms with E-state index in [9.17, 15) is 14.3 Å². The number of aromatic hydroxyl groups is 1. The third-order valence-corrected chi connectivity index (χ3v) is 2.60. The van der Waals surface area contributed by atoms with Crippen LogP contribution in [-0.2, 0) is 0 Å². The number of carbonyl (C=O) groups excluding carboxylic acids is 1. The molecule has 0 aliphatic carbocycles. The minimum absolute atomic E-state index is 0.107. The number of para-hydroxylation sites is 1. The number of benzene rings is 2. The summed E-state index contributed by atoms with van der Waals surface area (Å²) in [5.41, 5.74) is 1.30. The highest BCUT2D eigenvalue weighted by Gasteiger charge is 2.11. The second-order valence-corrected chi connectivity index (χ2v) is 3.93. The first kappa shape index (κ1) is 12.1. The van der Waals surface area contributed by atoms with E-state index in [0.717, 1.165) is 5.56 Å². The molecule has 0 heterocycles. The summed E-state index contributed by atoms with van der Waals surface area (Å²) in [4.78, 5) is 11.9. The van der Waals surface area contributed by atoms with Gasteiger partial charge in [-0.25, -0.2) is 4.39 Å². The molecule has 0 saturated heterocycles. The Balaban J connectivity index is 2.27. The van der Waals surface area contributed by atoms with Gasteiger partial charge in [0.2, 0.25) is 0 Å². The smallest absolute Gasteiger partial charge is 0.259 e. The van der Waals surface area contributed by atoms with Crippen molar-refractivity contribution in [3.05, 3.63) is 59.4 Å². The van der Waals surface area contributed by atoms with Crippen LogP contribution in [0.2, 0.25) is 0 Å². The highest BCUT2D eigenvalue weighted by molar-refractivity contribution is 6.06. The number of hydrogen-bond donors (Lipinski definition) is 2. The zero-order valence-electron chi connectivity index (χ0n) is 9.77. The normalized spacial score (nSPS) is 10.1. The summed E-state index contributed by atoms with van der Waals surface area (Å²) in [6, 6.07) is 10.3. The van der Waals surface area contributed by atoms with Crippen molar-refractivity contribution in [3.8, 4) is 5.75 Å². The largest absolute Gasteiger partial charge is 0.507 e. The lowest BCUT2D eigenvalue weighted by Gasteiger charge is -2.09. The average molecular weight is 245 g/mol. The number of aryl methyl sites for hydroxylation is 1. The topological polar surface area (TPSA) is 49.3 Å². The Kier molecular flexibility index (Phi) is 3.28. The summed E-state index contributed by atoms with van der Waals surface area (Å²) in [5.74, 6) is -1.00. The van der Waals surface area contributed by atoms with Crippen molar-refractivity contribution in [2.45, 2.75) is 6.92 Å². The first-order chi connectivity index (χ1) is 8.58. The van der Waals surface area contributed by atoms with Gasteiger partial charge < -0.3 is 10.4 Å². The van der Waals surface area contributed by atoms with E-state index in [2.05, 4.69) is 5.32 Å². The first-order valence-corrected chi connectivity index (χ1v) is 5.43. The van der Waals surface area contributed by atoms with E-state index >= 15 is 0 Å². The fraction of sp³-hybridized carbons (Fsp3) is 0.0714. The van der Waals surface area contributed by atoms with Crippen molar-refractivity contribution in [2.24, 2.45) is 0 Å². The predicted molar refractivity (Wildman–Crippen MR) is 67.2 cm³/mol. The van der Waals surface area contributed by atoms with Gasteiger partial charge in [0, 0.05) is 5.69 Å². The quantitative estimate of drug-likeness (QED) is 0.854. The molecule has 1 amide bonds. The van der Waals surface area contributed by atoms with Gasteiger partial charge in [0.15, 0.2) is 0 Å². The summed E-state index contributed by atoms with van der Waals surface area (Å²) >= 11 is 0. The molecular formula is C14H12FNO2. The molecule has 3 nitrogen and oxygen atoms in total. The molecule has 92 valence electrons. The molecule has 0 spiro atoms. The van der Waals surface area contributed by atoms with Gasteiger partial charge in [0.05, 0.1) is 5.56 Å². The number of nitrogens with one attached hydrogen (secondary N) is 1. The van der Waals surface area contributed by atoms with Gasteiger partial charge in [0.1, 0.15) is 11.6 Å². The molecule has 4 heteroatoms. The van der Waals surface area contributed by atoms with Gasteiger partial charge in [-0.3, -0.25) is 4.79 Å². The van der Waals surface area contributed by atoms with E-state index in [1.54, 1.807) is 25.1 Å². The van der Waals surface area contributed by atoms with Crippen molar-refractivity contribution in [3.63, 3.8) is 0 Å². The van der Waals surface area contributed by atoms with Crippen LogP contribution in [0.1, 0.15) is 15.9 Å². The monoisotopic (exact) mass is 245 g/mol. The molecule has 0 atom stereocenters. The van der Waals surface area contributed by atoms with Crippen LogP contribution in [0.25, 0.3) is 0 Å². The van der Waals surface area contributed by atoms with Crippen molar-refractivity contribution in [1.82, 2.24) is 0 Å². The van der Waals surface area contributed by atoms with E-state index < -0.39 is 11.7 Å². The van der Waals surface area contributed by atoms with Gasteiger partial charge in [0.25, 0.3) is 5.91 Å². The molecule has 0 aliphatic heterocycles. The second kappa shape index (κ2) is 4.87. The maximum Gasteiger partial charge on any atom is 0.259 e. The fourth-order valence-electron chi connectivity index (χ4n) is 1.58. The Morgan fingerprint density at radius 1 is 1.22 bits per heavy atom. The van der Waals surface area contributed by atoms with Crippen LogP contribution in [0.5, 0.6) is 5.75 Å². The number of hydrogen-bond acceptors (Lipinski definition) is 2. The molecule has 0 aromatic heterocycles. The number of phenolic OH excluding ortho intramolecular Hbond substituents is 1. The Morgan fingerprint density at radius 2 is 1.94 bits per heavy atom. The van der Waals surface area contributed by atoms with Crippen LogP contribution in [0, 0.1) is 12.7 Å². The van der Waals surface area contributed by atoms with Crippen LogP contribution in [-0.4, -0.2) is 11.0 Å². The molecular weight excluding hydrogens is 233 g/mol. The number of halogens is 1. The molecule has 0 radical (unpaired) electrons. The third-order valence-electron chi connectivity index (χ3n) is 2.60. The van der Waals surface area contributed by atoms with Crippen LogP contribution in [0.4, 0.5) is 10.1 Å². The van der Waals surface area contributed by atoms with Crippen molar-refractivity contribution in [1.29, 1.82) is 0 Å². The van der Waals surface area contributed by atoms with Crippen LogP contribution in [0.15, 0.2) is 42.5 Å². The van der Waals surface area contributed by atoms with Gasteiger partial charge in [-0.05, 0) is 36.8 Å². The number of phenols is 1. The lowest BCUT2D eigenvalue weighted by atomic mass is 10.1. The minimum Gasteiger partial charge on any atom is -0.507 e. The fourth-order valence-corrected chi connectivity index (χ4v) is 1.58. The predicted octanol–water partition coefficient (Wildman–Crippen LogP) is 3.09. The maximum atomic E-state index is 13.1. The number of rotatable bonds is 2. The first-order valence-electron chi connectivity index (χ1n) is 5.43. The minimum atomic E-state index is -0.471. The third kappa shape index (κ3) is 2.48. The van der Waals surface area contributed by atoms with Crippen molar-refractivity contribution >= 4 is 11.6 Å². The van der Waals surface area contributed by atoms with Gasteiger partial charge in [-0.2, -0.15) is 0 Å². The molecule has 0 bridgehead atoms.